The number of hydrogen-bond acceptors (Lipinski definition) is 3. The Bertz CT molecular complexity index is 440. The van der Waals surface area contributed by atoms with E-state index in [1.165, 1.54) is 12.1 Å². The van der Waals surface area contributed by atoms with Gasteiger partial charge in [0.25, 0.3) is 0 Å². The van der Waals surface area contributed by atoms with Gasteiger partial charge in [-0.3, -0.25) is 0 Å². The number of nitriles is 1. The lowest BCUT2D eigenvalue weighted by atomic mass is 10.1. The van der Waals surface area contributed by atoms with Crippen molar-refractivity contribution >= 4 is 28.6 Å². The zero-order chi connectivity index (χ0) is 11.4. The van der Waals surface area contributed by atoms with Crippen molar-refractivity contribution in [3.63, 3.8) is 0 Å². The third kappa shape index (κ3) is 2.65. The van der Waals surface area contributed by atoms with Gasteiger partial charge in [0.15, 0.2) is 0 Å². The molecule has 3 nitrogen and oxygen atoms in total. The lowest BCUT2D eigenvalue weighted by molar-refractivity contribution is 0.0520. The number of halogens is 2. The van der Waals surface area contributed by atoms with Crippen molar-refractivity contribution < 1.29 is 13.9 Å². The molecule has 0 atom stereocenters. The molecule has 1 rings (SSSR count). The molecule has 0 amide bonds. The minimum absolute atomic E-state index is 0.00199. The van der Waals surface area contributed by atoms with Gasteiger partial charge in [0.1, 0.15) is 17.4 Å². The van der Waals surface area contributed by atoms with Crippen LogP contribution < -0.4 is 0 Å². The maximum atomic E-state index is 13.4. The maximum absolute atomic E-state index is 13.4. The van der Waals surface area contributed by atoms with Gasteiger partial charge in [0, 0.05) is 3.57 Å². The summed E-state index contributed by atoms with van der Waals surface area (Å²) in [7, 11) is 0. The van der Waals surface area contributed by atoms with Gasteiger partial charge in [-0.2, -0.15) is 5.26 Å². The third-order valence-corrected chi connectivity index (χ3v) is 2.28. The smallest absolute Gasteiger partial charge is 0.342 e. The van der Waals surface area contributed by atoms with Crippen LogP contribution in [0.1, 0.15) is 22.8 Å². The van der Waals surface area contributed by atoms with Crippen LogP contribution in [0.3, 0.4) is 0 Å². The van der Waals surface area contributed by atoms with Gasteiger partial charge in [0.05, 0.1) is 12.2 Å². The Morgan fingerprint density at radius 1 is 1.67 bits per heavy atom. The molecule has 1 aromatic rings. The van der Waals surface area contributed by atoms with Crippen LogP contribution in [-0.2, 0) is 4.74 Å². The number of ether oxygens (including phenoxy) is 1. The first-order chi connectivity index (χ1) is 7.10. The topological polar surface area (TPSA) is 50.1 Å². The number of hydrogen-bond donors (Lipinski definition) is 0. The van der Waals surface area contributed by atoms with Gasteiger partial charge in [-0.25, -0.2) is 9.18 Å². The van der Waals surface area contributed by atoms with Gasteiger partial charge in [-0.1, -0.05) is 0 Å². The summed E-state index contributed by atoms with van der Waals surface area (Å²) in [6.45, 7) is 1.77. The van der Waals surface area contributed by atoms with E-state index < -0.39 is 11.8 Å². The zero-order valence-corrected chi connectivity index (χ0v) is 10.0. The molecule has 5 heteroatoms. The van der Waals surface area contributed by atoms with E-state index in [1.807, 2.05) is 22.6 Å². The van der Waals surface area contributed by atoms with Crippen molar-refractivity contribution in [2.45, 2.75) is 6.92 Å². The van der Waals surface area contributed by atoms with E-state index in [-0.39, 0.29) is 17.7 Å². The van der Waals surface area contributed by atoms with Gasteiger partial charge < -0.3 is 4.74 Å². The molecule has 0 N–H and O–H groups in total. The first kappa shape index (κ1) is 11.9. The van der Waals surface area contributed by atoms with Gasteiger partial charge >= 0.3 is 5.97 Å². The molecule has 0 spiro atoms. The summed E-state index contributed by atoms with van der Waals surface area (Å²) in [6.07, 6.45) is 0. The fourth-order valence-corrected chi connectivity index (χ4v) is 1.66. The Hall–Kier alpha value is -1.16. The molecule has 0 aromatic heterocycles. The number of carbonyl (C=O) groups excluding carboxylic acids is 1. The molecule has 0 heterocycles. The summed E-state index contributed by atoms with van der Waals surface area (Å²) >= 11 is 1.87. The average molecular weight is 319 g/mol. The van der Waals surface area contributed by atoms with Crippen molar-refractivity contribution in [1.29, 1.82) is 5.26 Å². The highest BCUT2D eigenvalue weighted by molar-refractivity contribution is 14.1. The molecule has 0 aliphatic heterocycles. The van der Waals surface area contributed by atoms with Gasteiger partial charge in [-0.15, -0.1) is 0 Å². The third-order valence-electron chi connectivity index (χ3n) is 1.66. The van der Waals surface area contributed by atoms with Crippen LogP contribution in [-0.4, -0.2) is 12.6 Å². The largest absolute Gasteiger partial charge is 0.462 e. The molecule has 0 saturated carbocycles. The van der Waals surface area contributed by atoms with Gasteiger partial charge in [0.2, 0.25) is 0 Å². The molecule has 0 bridgehead atoms. The highest BCUT2D eigenvalue weighted by atomic mass is 127. The molecule has 1 aromatic carbocycles. The van der Waals surface area contributed by atoms with Crippen molar-refractivity contribution in [2.75, 3.05) is 6.61 Å². The molecule has 15 heavy (non-hydrogen) atoms. The summed E-state index contributed by atoms with van der Waals surface area (Å²) < 4.78 is 18.6. The minimum Gasteiger partial charge on any atom is -0.462 e. The molecule has 0 aliphatic rings. The SMILES string of the molecule is CCOC(=O)c1c(F)cc(I)cc1C#N. The van der Waals surface area contributed by atoms with Crippen molar-refractivity contribution in [1.82, 2.24) is 0 Å². The summed E-state index contributed by atoms with van der Waals surface area (Å²) in [5.74, 6) is -1.53. The number of carbonyl (C=O) groups is 1. The molecular weight excluding hydrogens is 312 g/mol. The second-order valence-corrected chi connectivity index (χ2v) is 3.89. The van der Waals surface area contributed by atoms with E-state index in [4.69, 9.17) is 5.26 Å². The molecule has 0 radical (unpaired) electrons. The van der Waals surface area contributed by atoms with Gasteiger partial charge in [-0.05, 0) is 41.6 Å². The lowest BCUT2D eigenvalue weighted by Gasteiger charge is -2.05. The Labute approximate surface area is 100.0 Å². The van der Waals surface area contributed by atoms with E-state index in [2.05, 4.69) is 4.74 Å². The number of nitrogens with zero attached hydrogens (tertiary/aromatic N) is 1. The van der Waals surface area contributed by atoms with Crippen LogP contribution >= 0.6 is 22.6 Å². The standard InChI is InChI=1S/C10H7FINO2/c1-2-15-10(14)9-6(5-13)3-7(12)4-8(9)11/h3-4H,2H2,1H3. The van der Waals surface area contributed by atoms with Crippen molar-refractivity contribution in [3.8, 4) is 6.07 Å². The first-order valence-electron chi connectivity index (χ1n) is 4.16. The molecule has 0 unspecified atom stereocenters. The highest BCUT2D eigenvalue weighted by Crippen LogP contribution is 2.18. The van der Waals surface area contributed by atoms with E-state index in [0.717, 1.165) is 0 Å². The van der Waals surface area contributed by atoms with Crippen molar-refractivity contribution in [3.05, 3.63) is 32.6 Å². The maximum Gasteiger partial charge on any atom is 0.342 e. The zero-order valence-electron chi connectivity index (χ0n) is 7.88. The fourth-order valence-electron chi connectivity index (χ4n) is 1.07. The van der Waals surface area contributed by atoms with E-state index >= 15 is 0 Å². The normalized spacial score (nSPS) is 9.47. The number of rotatable bonds is 2. The van der Waals surface area contributed by atoms with Crippen LogP contribution in [0.5, 0.6) is 0 Å². The molecule has 0 saturated heterocycles. The Kier molecular flexibility index (Phi) is 4.03. The lowest BCUT2D eigenvalue weighted by Crippen LogP contribution is -2.10. The summed E-state index contributed by atoms with van der Waals surface area (Å²) in [5, 5.41) is 8.76. The van der Waals surface area contributed by atoms with Crippen LogP contribution in [0.15, 0.2) is 12.1 Å². The minimum atomic E-state index is -0.803. The Morgan fingerprint density at radius 2 is 2.33 bits per heavy atom. The van der Waals surface area contributed by atoms with E-state index in [9.17, 15) is 9.18 Å². The second kappa shape index (κ2) is 5.07. The Balaban J connectivity index is 3.28. The molecular formula is C10H7FINO2. The van der Waals surface area contributed by atoms with Crippen LogP contribution in [0, 0.1) is 20.7 Å². The molecule has 78 valence electrons. The first-order valence-corrected chi connectivity index (χ1v) is 5.24. The summed E-state index contributed by atoms with van der Waals surface area (Å²) in [4.78, 5) is 11.3. The fraction of sp³-hybridized carbons (Fsp3) is 0.200. The number of esters is 1. The predicted molar refractivity (Wildman–Crippen MR) is 59.8 cm³/mol. The molecule has 0 aliphatic carbocycles. The van der Waals surface area contributed by atoms with Crippen LogP contribution in [0.4, 0.5) is 4.39 Å². The molecule has 0 fully saturated rings. The van der Waals surface area contributed by atoms with Crippen LogP contribution in [0.2, 0.25) is 0 Å². The van der Waals surface area contributed by atoms with E-state index in [0.29, 0.717) is 3.57 Å². The van der Waals surface area contributed by atoms with Crippen LogP contribution in [0.25, 0.3) is 0 Å². The second-order valence-electron chi connectivity index (χ2n) is 2.64. The predicted octanol–water partition coefficient (Wildman–Crippen LogP) is 2.48. The quantitative estimate of drug-likeness (QED) is 0.622. The monoisotopic (exact) mass is 319 g/mol. The summed E-state index contributed by atoms with van der Waals surface area (Å²) in [6, 6.07) is 4.40. The van der Waals surface area contributed by atoms with Crippen molar-refractivity contribution in [2.24, 2.45) is 0 Å². The average Bonchev–Trinajstić information content (AvgIpc) is 2.16. The number of benzene rings is 1. The van der Waals surface area contributed by atoms with E-state index in [1.54, 1.807) is 13.0 Å². The summed E-state index contributed by atoms with van der Waals surface area (Å²) in [5.41, 5.74) is -0.294. The highest BCUT2D eigenvalue weighted by Gasteiger charge is 2.18. The Morgan fingerprint density at radius 3 is 2.87 bits per heavy atom.